The van der Waals surface area contributed by atoms with Crippen molar-refractivity contribution in [3.63, 3.8) is 0 Å². The Balaban J connectivity index is 0.000000503. The normalized spacial score (nSPS) is 27.8. The lowest BCUT2D eigenvalue weighted by Gasteiger charge is -2.34. The van der Waals surface area contributed by atoms with Gasteiger partial charge in [-0.1, -0.05) is 160 Å². The minimum Gasteiger partial charge on any atom is -0.508 e. The summed E-state index contributed by atoms with van der Waals surface area (Å²) in [5, 5.41) is 77.1. The minimum atomic E-state index is -0.489. The van der Waals surface area contributed by atoms with Gasteiger partial charge in [0.25, 0.3) is 0 Å². The number of benzene rings is 2. The van der Waals surface area contributed by atoms with E-state index < -0.39 is 16.8 Å². The van der Waals surface area contributed by atoms with E-state index in [1.54, 1.807) is 11.6 Å². The van der Waals surface area contributed by atoms with Gasteiger partial charge < -0.3 is 40.9 Å². The van der Waals surface area contributed by atoms with Crippen molar-refractivity contribution in [3.05, 3.63) is 117 Å². The van der Waals surface area contributed by atoms with Crippen LogP contribution in [-0.2, 0) is 0 Å². The van der Waals surface area contributed by atoms with Crippen molar-refractivity contribution in [1.82, 2.24) is 0 Å². The second-order valence-corrected chi connectivity index (χ2v) is 31.2. The number of phenols is 2. The molecule has 6 aliphatic rings. The van der Waals surface area contributed by atoms with Gasteiger partial charge in [0.15, 0.2) is 0 Å². The molecule has 0 spiro atoms. The third-order valence-electron chi connectivity index (χ3n) is 20.3. The standard InChI is InChI=1S/5C10H18O.C10H14O.C10H20O.C10H14O/c1-8-4-6-9(7-5-8)10(2,3)11;2*1-8(2)9-4-6-10(3,11)7-5-9;1-8(2)10(11)6-4-9(3)5-7-10;2*1-7(2)9-5-4-8(3)10(11)6-9;2*1-7(2)9-5-4-8(3)6-10(9)11/h4,9,11H,5-7H2,1-3H3;11H,4-7H2,1-3H3;9,11H,1,4-7H2,2-3H3;4,8,11H,5-7H2,1-3H3;4,7,9-11H,5-6H2,1-3H3;4-7,11H,1-3H3;7-11H,4-6H2,1-3H3;4-7,11H,1-3H3. The molecule has 6 aliphatic carbocycles. The van der Waals surface area contributed by atoms with Gasteiger partial charge in [0.1, 0.15) is 11.5 Å². The number of hydrogen-bond acceptors (Lipinski definition) is 8. The van der Waals surface area contributed by atoms with Gasteiger partial charge in [-0.25, -0.2) is 0 Å². The molecule has 7 atom stereocenters. The zero-order valence-electron chi connectivity index (χ0n) is 60.8. The molecule has 8 rings (SSSR count). The summed E-state index contributed by atoms with van der Waals surface area (Å²) >= 11 is 0. The van der Waals surface area contributed by atoms with E-state index in [1.165, 1.54) is 40.7 Å². The van der Waals surface area contributed by atoms with Crippen molar-refractivity contribution in [2.75, 3.05) is 0 Å². The lowest BCUT2D eigenvalue weighted by Crippen LogP contribution is -2.36. The Labute approximate surface area is 541 Å². The van der Waals surface area contributed by atoms with E-state index in [9.17, 15) is 40.9 Å². The fourth-order valence-corrected chi connectivity index (χ4v) is 12.3. The molecule has 0 bridgehead atoms. The first kappa shape index (κ1) is 82.5. The first-order valence-corrected chi connectivity index (χ1v) is 34.6. The summed E-state index contributed by atoms with van der Waals surface area (Å²) in [6.45, 7) is 51.9. The number of phenolic OH excluding ortho intramolecular Hbond substituents is 2. The Bertz CT molecular complexity index is 2430. The molecular formula is C80H138O8. The van der Waals surface area contributed by atoms with E-state index in [2.05, 4.69) is 142 Å². The lowest BCUT2D eigenvalue weighted by molar-refractivity contribution is -0.0140. The Morgan fingerprint density at radius 3 is 1.59 bits per heavy atom. The number of hydrogen-bond donors (Lipinski definition) is 8. The fourth-order valence-electron chi connectivity index (χ4n) is 12.3. The van der Waals surface area contributed by atoms with E-state index in [-0.39, 0.29) is 17.8 Å². The zero-order valence-corrected chi connectivity index (χ0v) is 60.8. The van der Waals surface area contributed by atoms with Gasteiger partial charge in [0.2, 0.25) is 0 Å². The van der Waals surface area contributed by atoms with Gasteiger partial charge in [0, 0.05) is 0 Å². The highest BCUT2D eigenvalue weighted by Gasteiger charge is 2.33. The van der Waals surface area contributed by atoms with Gasteiger partial charge in [-0.15, -0.1) is 0 Å². The molecule has 0 saturated heterocycles. The van der Waals surface area contributed by atoms with Gasteiger partial charge in [-0.2, -0.15) is 0 Å². The van der Waals surface area contributed by atoms with Crippen LogP contribution < -0.4 is 0 Å². The number of aliphatic hydroxyl groups excluding tert-OH is 2. The van der Waals surface area contributed by atoms with Crippen LogP contribution in [0.5, 0.6) is 11.5 Å². The van der Waals surface area contributed by atoms with Crippen LogP contribution in [0.1, 0.15) is 301 Å². The third-order valence-corrected chi connectivity index (χ3v) is 20.3. The third kappa shape index (κ3) is 32.2. The van der Waals surface area contributed by atoms with Gasteiger partial charge in [-0.3, -0.25) is 0 Å². The Kier molecular flexibility index (Phi) is 36.7. The van der Waals surface area contributed by atoms with Crippen molar-refractivity contribution < 1.29 is 40.9 Å². The van der Waals surface area contributed by atoms with Crippen molar-refractivity contribution >= 4 is 0 Å². The topological polar surface area (TPSA) is 162 Å². The summed E-state index contributed by atoms with van der Waals surface area (Å²) in [5.74, 6) is 6.55. The van der Waals surface area contributed by atoms with Crippen LogP contribution in [0.2, 0.25) is 0 Å². The molecule has 0 aromatic heterocycles. The predicted octanol–water partition coefficient (Wildman–Crippen LogP) is 20.6. The van der Waals surface area contributed by atoms with Gasteiger partial charge in [0.05, 0.1) is 34.6 Å². The molecule has 8 heteroatoms. The van der Waals surface area contributed by atoms with Crippen molar-refractivity contribution in [2.24, 2.45) is 47.3 Å². The Morgan fingerprint density at radius 2 is 1.18 bits per heavy atom. The quantitative estimate of drug-likeness (QED) is 0.127. The average Bonchev–Trinajstić information content (AvgIpc) is 3.64. The molecule has 7 unspecified atom stereocenters. The smallest absolute Gasteiger partial charge is 0.119 e. The molecule has 88 heavy (non-hydrogen) atoms. The highest BCUT2D eigenvalue weighted by atomic mass is 16.3. The molecule has 506 valence electrons. The molecule has 2 aromatic carbocycles. The van der Waals surface area contributed by atoms with Gasteiger partial charge in [-0.05, 0) is 298 Å². The van der Waals surface area contributed by atoms with Gasteiger partial charge >= 0.3 is 0 Å². The van der Waals surface area contributed by atoms with Crippen LogP contribution in [0, 0.1) is 61.2 Å². The molecule has 0 radical (unpaired) electrons. The van der Waals surface area contributed by atoms with Crippen LogP contribution in [0.25, 0.3) is 0 Å². The second-order valence-electron chi connectivity index (χ2n) is 31.2. The first-order chi connectivity index (χ1) is 40.5. The summed E-state index contributed by atoms with van der Waals surface area (Å²) in [6, 6.07) is 11.6. The van der Waals surface area contributed by atoms with Crippen molar-refractivity contribution in [2.45, 2.75) is 328 Å². The number of rotatable bonds is 7. The van der Waals surface area contributed by atoms with E-state index >= 15 is 0 Å². The van der Waals surface area contributed by atoms with E-state index in [1.807, 2.05) is 72.7 Å². The van der Waals surface area contributed by atoms with Crippen LogP contribution in [0.15, 0.2) is 94.6 Å². The molecular weight excluding hydrogens is 1090 g/mol. The number of allylic oxidation sites excluding steroid dienone is 7. The SMILES string of the molecule is C=C(C)C1CCC(C)(O)CC1.CC(C)=C1CCC(C)(O)CC1.CC1=CCC(C(C)(C)O)CC1.CC1=CCC(C(C)C)CC1O.CC1=CCC(O)(C(C)C)CC1.CC1CCC(C(C)C)C(O)C1.Cc1ccc(C(C)C)c(O)c1.Cc1ccc(C(C)C)cc1O. The lowest BCUT2D eigenvalue weighted by atomic mass is 9.75. The van der Waals surface area contributed by atoms with Crippen LogP contribution in [0.4, 0.5) is 0 Å². The van der Waals surface area contributed by atoms with Crippen molar-refractivity contribution in [1.29, 1.82) is 0 Å². The zero-order chi connectivity index (χ0) is 67.7. The number of aromatic hydroxyl groups is 2. The number of aryl methyl sites for hydroxylation is 2. The van der Waals surface area contributed by atoms with Crippen molar-refractivity contribution in [3.8, 4) is 11.5 Å². The maximum atomic E-state index is 10.0. The average molecular weight is 1230 g/mol. The minimum absolute atomic E-state index is 0.0289. The van der Waals surface area contributed by atoms with E-state index in [4.69, 9.17) is 0 Å². The van der Waals surface area contributed by atoms with Crippen LogP contribution >= 0.6 is 0 Å². The molecule has 8 N–H and O–H groups in total. The summed E-state index contributed by atoms with van der Waals surface area (Å²) in [5.41, 5.74) is 10.9. The van der Waals surface area contributed by atoms with E-state index in [0.29, 0.717) is 64.8 Å². The van der Waals surface area contributed by atoms with Crippen LogP contribution in [-0.4, -0.2) is 75.5 Å². The fraction of sp³-hybridized carbons (Fsp3) is 0.725. The summed E-state index contributed by atoms with van der Waals surface area (Å²) in [6.07, 6.45) is 26.4. The predicted molar refractivity (Wildman–Crippen MR) is 378 cm³/mol. The molecule has 0 aliphatic heterocycles. The van der Waals surface area contributed by atoms with Crippen LogP contribution in [0.3, 0.4) is 0 Å². The highest BCUT2D eigenvalue weighted by molar-refractivity contribution is 5.38. The second kappa shape index (κ2) is 39.1. The molecule has 2 aromatic rings. The number of aliphatic hydroxyl groups is 6. The monoisotopic (exact) mass is 1230 g/mol. The maximum absolute atomic E-state index is 10.0. The summed E-state index contributed by atoms with van der Waals surface area (Å²) in [4.78, 5) is 0. The maximum Gasteiger partial charge on any atom is 0.119 e. The highest BCUT2D eigenvalue weighted by Crippen LogP contribution is 2.38. The van der Waals surface area contributed by atoms with E-state index in [0.717, 1.165) is 137 Å². The molecule has 8 nitrogen and oxygen atoms in total. The Hall–Kier alpha value is -3.50. The summed E-state index contributed by atoms with van der Waals surface area (Å²) < 4.78 is 0. The molecule has 3 fully saturated rings. The molecule has 0 heterocycles. The summed E-state index contributed by atoms with van der Waals surface area (Å²) in [7, 11) is 0. The Morgan fingerprint density at radius 1 is 0.614 bits per heavy atom. The molecule has 3 saturated carbocycles. The molecule has 0 amide bonds. The first-order valence-electron chi connectivity index (χ1n) is 34.6. The largest absolute Gasteiger partial charge is 0.508 e.